The Labute approximate surface area is 178 Å². The molecule has 1 atom stereocenters. The number of aliphatic hydroxyl groups is 1. The van der Waals surface area contributed by atoms with E-state index >= 15 is 0 Å². The second-order valence-corrected chi connectivity index (χ2v) is 7.29. The first-order chi connectivity index (χ1) is 14.9. The Hall–Kier alpha value is -3.93. The lowest BCUT2D eigenvalue weighted by Gasteiger charge is -2.25. The molecule has 31 heavy (non-hydrogen) atoms. The average molecular weight is 417 g/mol. The number of halogens is 1. The monoisotopic (exact) mass is 417 g/mol. The number of Topliss-reactive ketones (excluding diaryl/α,β-unsaturated/α-hetero) is 1. The predicted octanol–water partition coefficient (Wildman–Crippen LogP) is 4.72. The molecule has 156 valence electrons. The molecule has 0 aliphatic carbocycles. The van der Waals surface area contributed by atoms with Crippen LogP contribution in [0.15, 0.2) is 78.4 Å². The Balaban J connectivity index is 1.92. The predicted molar refractivity (Wildman–Crippen MR) is 115 cm³/mol. The lowest BCUT2D eigenvalue weighted by Crippen LogP contribution is -2.29. The summed E-state index contributed by atoms with van der Waals surface area (Å²) >= 11 is 0. The van der Waals surface area contributed by atoms with Gasteiger partial charge in [-0.15, -0.1) is 0 Å². The second kappa shape index (κ2) is 8.07. The zero-order chi connectivity index (χ0) is 22.1. The Bertz CT molecular complexity index is 1180. The third-order valence-corrected chi connectivity index (χ3v) is 5.38. The van der Waals surface area contributed by atoms with E-state index in [4.69, 9.17) is 0 Å². The van der Waals surface area contributed by atoms with E-state index in [0.29, 0.717) is 11.1 Å². The number of hydrogen-bond donors (Lipinski definition) is 2. The number of amides is 1. The van der Waals surface area contributed by atoms with Crippen LogP contribution in [0.2, 0.25) is 0 Å². The number of phenols is 1. The number of carbonyl (C=O) groups is 2. The molecule has 1 unspecified atom stereocenters. The SMILES string of the molecule is CCc1ccc(/C(O)=C2\C(=O)C(=O)N(c3cccc(F)c3)C2c2ccc(O)cc2)cc1. The molecule has 1 aliphatic rings. The van der Waals surface area contributed by atoms with E-state index in [-0.39, 0.29) is 22.8 Å². The van der Waals surface area contributed by atoms with Gasteiger partial charge in [0.15, 0.2) is 0 Å². The van der Waals surface area contributed by atoms with Crippen LogP contribution in [0.4, 0.5) is 10.1 Å². The van der Waals surface area contributed by atoms with Crippen molar-refractivity contribution in [2.24, 2.45) is 0 Å². The van der Waals surface area contributed by atoms with Gasteiger partial charge >= 0.3 is 0 Å². The van der Waals surface area contributed by atoms with Crippen LogP contribution in [0.1, 0.15) is 29.7 Å². The van der Waals surface area contributed by atoms with Gasteiger partial charge in [0, 0.05) is 11.3 Å². The molecule has 1 aliphatic heterocycles. The molecule has 0 saturated carbocycles. The number of benzene rings is 3. The van der Waals surface area contributed by atoms with E-state index in [1.165, 1.54) is 35.2 Å². The van der Waals surface area contributed by atoms with Gasteiger partial charge in [-0.2, -0.15) is 0 Å². The minimum absolute atomic E-state index is 0.0154. The van der Waals surface area contributed by atoms with E-state index in [1.54, 1.807) is 24.3 Å². The highest BCUT2D eigenvalue weighted by atomic mass is 19.1. The van der Waals surface area contributed by atoms with E-state index < -0.39 is 23.5 Å². The van der Waals surface area contributed by atoms with Gasteiger partial charge in [0.2, 0.25) is 0 Å². The van der Waals surface area contributed by atoms with Crippen molar-refractivity contribution in [3.8, 4) is 5.75 Å². The molecule has 0 aromatic heterocycles. The van der Waals surface area contributed by atoms with Gasteiger partial charge in [0.1, 0.15) is 17.3 Å². The summed E-state index contributed by atoms with van der Waals surface area (Å²) in [6, 6.07) is 17.4. The fraction of sp³-hybridized carbons (Fsp3) is 0.120. The topological polar surface area (TPSA) is 77.8 Å². The molecule has 3 aromatic rings. The van der Waals surface area contributed by atoms with Crippen LogP contribution >= 0.6 is 0 Å². The lowest BCUT2D eigenvalue weighted by molar-refractivity contribution is -0.132. The molecule has 1 amide bonds. The fourth-order valence-corrected chi connectivity index (χ4v) is 3.75. The van der Waals surface area contributed by atoms with Crippen molar-refractivity contribution in [1.82, 2.24) is 0 Å². The summed E-state index contributed by atoms with van der Waals surface area (Å²) in [5.41, 5.74) is 2.06. The van der Waals surface area contributed by atoms with Gasteiger partial charge in [0.05, 0.1) is 11.6 Å². The molecule has 0 radical (unpaired) electrons. The fourth-order valence-electron chi connectivity index (χ4n) is 3.75. The van der Waals surface area contributed by atoms with Gasteiger partial charge < -0.3 is 10.2 Å². The van der Waals surface area contributed by atoms with E-state index in [0.717, 1.165) is 18.1 Å². The number of rotatable bonds is 4. The van der Waals surface area contributed by atoms with Crippen LogP contribution in [-0.2, 0) is 16.0 Å². The summed E-state index contributed by atoms with van der Waals surface area (Å²) in [4.78, 5) is 27.2. The molecular formula is C25H20FNO4. The highest BCUT2D eigenvalue weighted by molar-refractivity contribution is 6.51. The Morgan fingerprint density at radius 1 is 1.00 bits per heavy atom. The molecule has 6 heteroatoms. The van der Waals surface area contributed by atoms with Crippen LogP contribution in [0.5, 0.6) is 5.75 Å². The zero-order valence-electron chi connectivity index (χ0n) is 16.7. The molecule has 1 saturated heterocycles. The van der Waals surface area contributed by atoms with Gasteiger partial charge in [-0.1, -0.05) is 49.4 Å². The zero-order valence-corrected chi connectivity index (χ0v) is 16.7. The maximum Gasteiger partial charge on any atom is 0.300 e. The van der Waals surface area contributed by atoms with Crippen LogP contribution in [0.25, 0.3) is 5.76 Å². The van der Waals surface area contributed by atoms with Crippen molar-refractivity contribution >= 4 is 23.1 Å². The third-order valence-electron chi connectivity index (χ3n) is 5.38. The summed E-state index contributed by atoms with van der Waals surface area (Å²) in [6.07, 6.45) is 0.818. The summed E-state index contributed by atoms with van der Waals surface area (Å²) in [5, 5.41) is 20.7. The van der Waals surface area contributed by atoms with Crippen LogP contribution < -0.4 is 4.90 Å². The molecule has 4 rings (SSSR count). The Morgan fingerprint density at radius 3 is 2.29 bits per heavy atom. The minimum Gasteiger partial charge on any atom is -0.508 e. The number of carbonyl (C=O) groups excluding carboxylic acids is 2. The first-order valence-corrected chi connectivity index (χ1v) is 9.85. The normalized spacial score (nSPS) is 17.9. The molecule has 2 N–H and O–H groups in total. The first-order valence-electron chi connectivity index (χ1n) is 9.85. The quantitative estimate of drug-likeness (QED) is 0.366. The average Bonchev–Trinajstić information content (AvgIpc) is 3.04. The van der Waals surface area contributed by atoms with Crippen molar-refractivity contribution in [1.29, 1.82) is 0 Å². The number of anilines is 1. The third kappa shape index (κ3) is 3.68. The Kier molecular flexibility index (Phi) is 5.29. The second-order valence-electron chi connectivity index (χ2n) is 7.29. The molecule has 5 nitrogen and oxygen atoms in total. The van der Waals surface area contributed by atoms with Crippen molar-refractivity contribution in [2.45, 2.75) is 19.4 Å². The van der Waals surface area contributed by atoms with Crippen molar-refractivity contribution in [2.75, 3.05) is 4.90 Å². The van der Waals surface area contributed by atoms with E-state index in [1.807, 2.05) is 19.1 Å². The maximum atomic E-state index is 13.9. The van der Waals surface area contributed by atoms with Crippen molar-refractivity contribution < 1.29 is 24.2 Å². The Morgan fingerprint density at radius 2 is 1.68 bits per heavy atom. The number of hydrogen-bond acceptors (Lipinski definition) is 4. The molecule has 3 aromatic carbocycles. The lowest BCUT2D eigenvalue weighted by atomic mass is 9.94. The van der Waals surface area contributed by atoms with Crippen LogP contribution in [0.3, 0.4) is 0 Å². The molecule has 1 heterocycles. The van der Waals surface area contributed by atoms with Gasteiger partial charge in [-0.05, 0) is 47.9 Å². The first kappa shape index (κ1) is 20.3. The number of aromatic hydroxyl groups is 1. The van der Waals surface area contributed by atoms with Crippen LogP contribution in [0, 0.1) is 5.82 Å². The summed E-state index contributed by atoms with van der Waals surface area (Å²) < 4.78 is 13.9. The number of aliphatic hydroxyl groups excluding tert-OH is 1. The summed E-state index contributed by atoms with van der Waals surface area (Å²) in [7, 11) is 0. The maximum absolute atomic E-state index is 13.9. The van der Waals surface area contributed by atoms with E-state index in [2.05, 4.69) is 0 Å². The largest absolute Gasteiger partial charge is 0.508 e. The molecular weight excluding hydrogens is 397 g/mol. The molecule has 0 spiro atoms. The van der Waals surface area contributed by atoms with Gasteiger partial charge in [-0.25, -0.2) is 4.39 Å². The van der Waals surface area contributed by atoms with Crippen molar-refractivity contribution in [3.63, 3.8) is 0 Å². The minimum atomic E-state index is -0.978. The highest BCUT2D eigenvalue weighted by Gasteiger charge is 2.47. The summed E-state index contributed by atoms with van der Waals surface area (Å²) in [6.45, 7) is 2.00. The number of nitrogens with zero attached hydrogens (tertiary/aromatic N) is 1. The smallest absolute Gasteiger partial charge is 0.300 e. The highest BCUT2D eigenvalue weighted by Crippen LogP contribution is 2.42. The summed E-state index contributed by atoms with van der Waals surface area (Å²) in [5.74, 6) is -2.58. The molecule has 0 bridgehead atoms. The van der Waals surface area contributed by atoms with Gasteiger partial charge in [0.25, 0.3) is 11.7 Å². The number of ketones is 1. The van der Waals surface area contributed by atoms with Crippen molar-refractivity contribution in [3.05, 3.63) is 101 Å². The standard InChI is InChI=1S/C25H20FNO4/c1-2-15-6-8-17(9-7-15)23(29)21-22(16-10-12-20(28)13-11-16)27(25(31)24(21)30)19-5-3-4-18(26)14-19/h3-14,22,28-29H,2H2,1H3/b23-21+. The van der Waals surface area contributed by atoms with Gasteiger partial charge in [-0.3, -0.25) is 14.5 Å². The molecule has 1 fully saturated rings. The van der Waals surface area contributed by atoms with E-state index in [9.17, 15) is 24.2 Å². The number of phenolic OH excluding ortho intramolecular Hbond substituents is 1. The van der Waals surface area contributed by atoms with Crippen LogP contribution in [-0.4, -0.2) is 21.9 Å². The number of aryl methyl sites for hydroxylation is 1.